The third-order valence-electron chi connectivity index (χ3n) is 4.15. The molecule has 1 N–H and O–H groups in total. The summed E-state index contributed by atoms with van der Waals surface area (Å²) in [5.41, 5.74) is -0.439. The van der Waals surface area contributed by atoms with E-state index in [0.717, 1.165) is 37.4 Å². The molecule has 1 saturated heterocycles. The van der Waals surface area contributed by atoms with Gasteiger partial charge in [0, 0.05) is 36.2 Å². The van der Waals surface area contributed by atoms with Crippen LogP contribution in [0.4, 0.5) is 4.79 Å². The van der Waals surface area contributed by atoms with Crippen molar-refractivity contribution in [2.24, 2.45) is 0 Å². The predicted octanol–water partition coefficient (Wildman–Crippen LogP) is 4.11. The zero-order valence-corrected chi connectivity index (χ0v) is 16.4. The van der Waals surface area contributed by atoms with E-state index in [9.17, 15) is 4.79 Å². The number of aryl methyl sites for hydroxylation is 1. The van der Waals surface area contributed by atoms with Crippen molar-refractivity contribution >= 4 is 17.4 Å². The van der Waals surface area contributed by atoms with Gasteiger partial charge in [-0.3, -0.25) is 0 Å². The number of thiazole rings is 1. The summed E-state index contributed by atoms with van der Waals surface area (Å²) < 4.78 is 5.58. The highest BCUT2D eigenvalue weighted by molar-refractivity contribution is 7.11. The maximum atomic E-state index is 12.5. The minimum atomic E-state index is -0.439. The van der Waals surface area contributed by atoms with Gasteiger partial charge in [-0.1, -0.05) is 0 Å². The molecule has 1 aliphatic rings. The van der Waals surface area contributed by atoms with Crippen LogP contribution in [-0.2, 0) is 11.3 Å². The Kier molecular flexibility index (Phi) is 6.63. The fourth-order valence-electron chi connectivity index (χ4n) is 3.04. The Balaban J connectivity index is 1.86. The topological polar surface area (TPSA) is 54.5 Å². The van der Waals surface area contributed by atoms with Gasteiger partial charge in [-0.2, -0.15) is 0 Å². The van der Waals surface area contributed by atoms with E-state index in [-0.39, 0.29) is 12.1 Å². The molecule has 0 aliphatic carbocycles. The molecule has 1 aromatic rings. The van der Waals surface area contributed by atoms with Crippen LogP contribution in [0, 0.1) is 6.92 Å². The number of carbonyl (C=O) groups excluding carboxylic acids is 1. The van der Waals surface area contributed by atoms with Crippen LogP contribution in [0.2, 0.25) is 0 Å². The molecule has 2 unspecified atom stereocenters. The highest BCUT2D eigenvalue weighted by atomic mass is 32.1. The molecule has 1 fully saturated rings. The van der Waals surface area contributed by atoms with Crippen LogP contribution in [0.1, 0.15) is 63.3 Å². The Morgan fingerprint density at radius 1 is 1.50 bits per heavy atom. The van der Waals surface area contributed by atoms with E-state index in [1.54, 1.807) is 11.3 Å². The van der Waals surface area contributed by atoms with Crippen LogP contribution in [-0.4, -0.2) is 40.2 Å². The van der Waals surface area contributed by atoms with Crippen molar-refractivity contribution in [3.63, 3.8) is 0 Å². The van der Waals surface area contributed by atoms with E-state index < -0.39 is 5.60 Å². The van der Waals surface area contributed by atoms with Gasteiger partial charge in [0.15, 0.2) is 0 Å². The zero-order chi connectivity index (χ0) is 17.7. The average molecular weight is 354 g/mol. The fraction of sp³-hybridized carbons (Fsp3) is 0.778. The normalized spacial score (nSPS) is 20.0. The number of aromatic nitrogens is 1. The maximum Gasteiger partial charge on any atom is 0.410 e. The first kappa shape index (κ1) is 19.2. The van der Waals surface area contributed by atoms with Crippen LogP contribution in [0.3, 0.4) is 0 Å². The number of likely N-dealkylation sites (tertiary alicyclic amines) is 1. The average Bonchev–Trinajstić information content (AvgIpc) is 2.89. The molecule has 0 bridgehead atoms. The van der Waals surface area contributed by atoms with Crippen molar-refractivity contribution < 1.29 is 9.53 Å². The lowest BCUT2D eigenvalue weighted by atomic mass is 9.97. The summed E-state index contributed by atoms with van der Waals surface area (Å²) in [5.74, 6) is 0. The Labute approximate surface area is 149 Å². The molecule has 2 heterocycles. The number of ether oxygens (including phenoxy) is 1. The van der Waals surface area contributed by atoms with Gasteiger partial charge < -0.3 is 15.0 Å². The number of hydrogen-bond acceptors (Lipinski definition) is 5. The molecular weight excluding hydrogens is 322 g/mol. The van der Waals surface area contributed by atoms with Crippen LogP contribution in [0.5, 0.6) is 0 Å². The molecule has 0 aromatic carbocycles. The van der Waals surface area contributed by atoms with Crippen molar-refractivity contribution in [1.29, 1.82) is 0 Å². The van der Waals surface area contributed by atoms with Crippen molar-refractivity contribution in [3.8, 4) is 0 Å². The van der Waals surface area contributed by atoms with E-state index in [0.29, 0.717) is 6.04 Å². The number of piperidine rings is 1. The molecule has 2 atom stereocenters. The summed E-state index contributed by atoms with van der Waals surface area (Å²) >= 11 is 1.73. The van der Waals surface area contributed by atoms with E-state index in [1.165, 1.54) is 11.3 Å². The molecule has 0 radical (unpaired) electrons. The second-order valence-electron chi connectivity index (χ2n) is 7.71. The molecule has 5 nitrogen and oxygen atoms in total. The Bertz CT molecular complexity index is 539. The zero-order valence-electron chi connectivity index (χ0n) is 15.6. The third kappa shape index (κ3) is 6.06. The Morgan fingerprint density at radius 3 is 2.88 bits per heavy atom. The molecule has 1 amide bonds. The van der Waals surface area contributed by atoms with Gasteiger partial charge in [-0.15, -0.1) is 11.3 Å². The molecule has 1 aromatic heterocycles. The molecule has 6 heteroatoms. The maximum absolute atomic E-state index is 12.5. The second kappa shape index (κ2) is 8.30. The minimum absolute atomic E-state index is 0.171. The van der Waals surface area contributed by atoms with Crippen LogP contribution < -0.4 is 5.32 Å². The highest BCUT2D eigenvalue weighted by Gasteiger charge is 2.31. The summed E-state index contributed by atoms with van der Waals surface area (Å²) in [7, 11) is 0. The minimum Gasteiger partial charge on any atom is -0.444 e. The highest BCUT2D eigenvalue weighted by Crippen LogP contribution is 2.23. The van der Waals surface area contributed by atoms with Crippen LogP contribution in [0.25, 0.3) is 0 Å². The molecule has 0 spiro atoms. The number of nitrogens with zero attached hydrogens (tertiary/aromatic N) is 2. The van der Waals surface area contributed by atoms with Crippen molar-refractivity contribution in [2.45, 2.75) is 84.5 Å². The summed E-state index contributed by atoms with van der Waals surface area (Å²) in [6.45, 7) is 11.6. The SMILES string of the molecule is Cc1cnc(CNC(C)CC2CCCCN2C(=O)OC(C)(C)C)s1. The van der Waals surface area contributed by atoms with E-state index in [4.69, 9.17) is 4.74 Å². The van der Waals surface area contributed by atoms with Crippen molar-refractivity contribution in [2.75, 3.05) is 6.54 Å². The van der Waals surface area contributed by atoms with Crippen LogP contribution >= 0.6 is 11.3 Å². The first-order valence-corrected chi connectivity index (χ1v) is 9.70. The number of carbonyl (C=O) groups is 1. The first-order chi connectivity index (χ1) is 11.2. The number of nitrogens with one attached hydrogen (secondary N) is 1. The number of rotatable bonds is 5. The van der Waals surface area contributed by atoms with Gasteiger partial charge in [0.05, 0.1) is 0 Å². The second-order valence-corrected chi connectivity index (χ2v) is 9.02. The van der Waals surface area contributed by atoms with E-state index in [1.807, 2.05) is 31.9 Å². The van der Waals surface area contributed by atoms with Crippen LogP contribution in [0.15, 0.2) is 6.20 Å². The molecule has 24 heavy (non-hydrogen) atoms. The molecule has 1 aliphatic heterocycles. The fourth-order valence-corrected chi connectivity index (χ4v) is 3.78. The predicted molar refractivity (Wildman–Crippen MR) is 98.3 cm³/mol. The Morgan fingerprint density at radius 2 is 2.25 bits per heavy atom. The molecule has 2 rings (SSSR count). The van der Waals surface area contributed by atoms with E-state index >= 15 is 0 Å². The molecule has 0 saturated carbocycles. The first-order valence-electron chi connectivity index (χ1n) is 8.89. The summed E-state index contributed by atoms with van der Waals surface area (Å²) in [4.78, 5) is 20.0. The smallest absolute Gasteiger partial charge is 0.410 e. The lowest BCUT2D eigenvalue weighted by Gasteiger charge is -2.38. The lowest BCUT2D eigenvalue weighted by Crippen LogP contribution is -2.48. The lowest BCUT2D eigenvalue weighted by molar-refractivity contribution is 0.00789. The van der Waals surface area contributed by atoms with Gasteiger partial charge in [0.2, 0.25) is 0 Å². The van der Waals surface area contributed by atoms with Crippen molar-refractivity contribution in [1.82, 2.24) is 15.2 Å². The standard InChI is InChI=1S/C18H31N3O2S/c1-13(19-12-16-20-11-14(2)24-16)10-15-8-6-7-9-21(15)17(22)23-18(3,4)5/h11,13,15,19H,6-10,12H2,1-5H3. The molecule has 136 valence electrons. The van der Waals surface area contributed by atoms with Gasteiger partial charge in [0.25, 0.3) is 0 Å². The summed E-state index contributed by atoms with van der Waals surface area (Å²) in [6.07, 6.45) is 6.00. The van der Waals surface area contributed by atoms with Crippen molar-refractivity contribution in [3.05, 3.63) is 16.1 Å². The number of hydrogen-bond donors (Lipinski definition) is 1. The quantitative estimate of drug-likeness (QED) is 0.865. The van der Waals surface area contributed by atoms with Gasteiger partial charge in [0.1, 0.15) is 10.6 Å². The largest absolute Gasteiger partial charge is 0.444 e. The number of amides is 1. The Hall–Kier alpha value is -1.14. The van der Waals surface area contributed by atoms with Gasteiger partial charge in [-0.05, 0) is 60.3 Å². The van der Waals surface area contributed by atoms with Gasteiger partial charge in [-0.25, -0.2) is 9.78 Å². The molecular formula is C18H31N3O2S. The third-order valence-corrected chi connectivity index (χ3v) is 5.06. The summed E-state index contributed by atoms with van der Waals surface area (Å²) in [6, 6.07) is 0.594. The van der Waals surface area contributed by atoms with E-state index in [2.05, 4.69) is 24.1 Å². The summed E-state index contributed by atoms with van der Waals surface area (Å²) in [5, 5.41) is 4.65. The van der Waals surface area contributed by atoms with Gasteiger partial charge >= 0.3 is 6.09 Å². The monoisotopic (exact) mass is 353 g/mol.